The Kier molecular flexibility index (Phi) is 5.05. The third-order valence-electron chi connectivity index (χ3n) is 4.26. The van der Waals surface area contributed by atoms with Gasteiger partial charge in [0.25, 0.3) is 0 Å². The van der Waals surface area contributed by atoms with E-state index in [1.165, 1.54) is 5.56 Å². The minimum atomic E-state index is 0.597. The van der Waals surface area contributed by atoms with Crippen LogP contribution in [-0.2, 0) is 0 Å². The molecule has 5 heteroatoms. The van der Waals surface area contributed by atoms with Gasteiger partial charge in [0.15, 0.2) is 0 Å². The maximum absolute atomic E-state index is 5.99. The molecule has 0 atom stereocenters. The highest BCUT2D eigenvalue weighted by Gasteiger charge is 2.16. The van der Waals surface area contributed by atoms with Gasteiger partial charge in [0.1, 0.15) is 11.5 Å². The fourth-order valence-electron chi connectivity index (χ4n) is 2.86. The summed E-state index contributed by atoms with van der Waals surface area (Å²) in [6, 6.07) is 21.9. The Labute approximate surface area is 172 Å². The molecule has 0 radical (unpaired) electrons. The number of ether oxygens (including phenoxy) is 1. The van der Waals surface area contributed by atoms with Crippen LogP contribution in [0.3, 0.4) is 0 Å². The van der Waals surface area contributed by atoms with Crippen LogP contribution in [0.1, 0.15) is 17.5 Å². The minimum absolute atomic E-state index is 0.597. The summed E-state index contributed by atoms with van der Waals surface area (Å²) in [6.07, 6.45) is 0.597. The molecule has 0 amide bonds. The van der Waals surface area contributed by atoms with Crippen LogP contribution in [0.2, 0.25) is 0 Å². The number of aliphatic imine (C=N–C) groups is 1. The van der Waals surface area contributed by atoms with Crippen LogP contribution in [0.15, 0.2) is 76.2 Å². The highest BCUT2D eigenvalue weighted by Crippen LogP contribution is 2.35. The molecule has 4 rings (SSSR count). The van der Waals surface area contributed by atoms with Gasteiger partial charge in [0.05, 0.1) is 22.1 Å². The van der Waals surface area contributed by atoms with E-state index in [9.17, 15) is 0 Å². The average Bonchev–Trinajstić information content (AvgIpc) is 2.82. The van der Waals surface area contributed by atoms with Crippen molar-refractivity contribution >= 4 is 50.2 Å². The molecule has 0 bridgehead atoms. The number of rotatable bonds is 3. The number of nitrogens with zero attached hydrogens (tertiary/aromatic N) is 1. The van der Waals surface area contributed by atoms with Crippen molar-refractivity contribution < 1.29 is 4.74 Å². The zero-order valence-electron chi connectivity index (χ0n) is 14.7. The number of thiocarbonyl (C=S) groups is 1. The third kappa shape index (κ3) is 4.26. The van der Waals surface area contributed by atoms with Crippen LogP contribution in [0.25, 0.3) is 0 Å². The van der Waals surface area contributed by atoms with Crippen LogP contribution in [-0.4, -0.2) is 10.7 Å². The van der Waals surface area contributed by atoms with Crippen LogP contribution < -0.4 is 10.1 Å². The molecule has 1 heterocycles. The number of hydrogen-bond acceptors (Lipinski definition) is 3. The Hall–Kier alpha value is -2.50. The lowest BCUT2D eigenvalue weighted by molar-refractivity contribution is 0.483. The summed E-state index contributed by atoms with van der Waals surface area (Å²) in [5.41, 5.74) is 4.90. The Balaban J connectivity index is 1.69. The molecule has 0 unspecified atom stereocenters. The van der Waals surface area contributed by atoms with E-state index in [-0.39, 0.29) is 0 Å². The molecule has 3 aromatic carbocycles. The van der Waals surface area contributed by atoms with Crippen LogP contribution in [0, 0.1) is 6.92 Å². The van der Waals surface area contributed by atoms with Crippen molar-refractivity contribution in [2.24, 2.45) is 4.99 Å². The zero-order valence-corrected chi connectivity index (χ0v) is 17.1. The molecule has 0 aromatic heterocycles. The first kappa shape index (κ1) is 17.9. The van der Waals surface area contributed by atoms with E-state index >= 15 is 0 Å². The lowest BCUT2D eigenvalue weighted by Crippen LogP contribution is -2.12. The summed E-state index contributed by atoms with van der Waals surface area (Å²) in [6.45, 7) is 2.05. The van der Waals surface area contributed by atoms with Crippen molar-refractivity contribution in [1.29, 1.82) is 0 Å². The number of hydrogen-bond donors (Lipinski definition) is 1. The molecule has 3 aromatic rings. The molecular weight excluding hydrogens is 420 g/mol. The number of anilines is 1. The van der Waals surface area contributed by atoms with Gasteiger partial charge in [-0.25, -0.2) is 0 Å². The van der Waals surface area contributed by atoms with Crippen LogP contribution in [0.5, 0.6) is 11.5 Å². The molecule has 134 valence electrons. The quantitative estimate of drug-likeness (QED) is 0.457. The Morgan fingerprint density at radius 3 is 2.41 bits per heavy atom. The average molecular weight is 437 g/mol. The maximum Gasteiger partial charge on any atom is 0.129 e. The SMILES string of the molecule is Cc1ccc(Oc2ccc3c(c2)N=C(c2ccc(Br)cc2)CC(=S)N3)cc1. The van der Waals surface area contributed by atoms with Gasteiger partial charge in [-0.05, 0) is 48.9 Å². The molecular formula is C22H17BrN2OS. The van der Waals surface area contributed by atoms with Crippen molar-refractivity contribution in [2.75, 3.05) is 5.32 Å². The second-order valence-electron chi connectivity index (χ2n) is 6.38. The van der Waals surface area contributed by atoms with Gasteiger partial charge >= 0.3 is 0 Å². The van der Waals surface area contributed by atoms with Gasteiger partial charge in [0.2, 0.25) is 0 Å². The Bertz CT molecular complexity index is 1030. The number of halogens is 1. The first-order valence-corrected chi connectivity index (χ1v) is 9.79. The fourth-order valence-corrected chi connectivity index (χ4v) is 3.37. The van der Waals surface area contributed by atoms with Gasteiger partial charge in [0, 0.05) is 17.0 Å². The highest BCUT2D eigenvalue weighted by molar-refractivity contribution is 9.10. The Morgan fingerprint density at radius 1 is 0.963 bits per heavy atom. The van der Waals surface area contributed by atoms with Crippen molar-refractivity contribution in [3.63, 3.8) is 0 Å². The van der Waals surface area contributed by atoms with Gasteiger partial charge in [-0.3, -0.25) is 4.99 Å². The fraction of sp³-hybridized carbons (Fsp3) is 0.0909. The second kappa shape index (κ2) is 7.62. The minimum Gasteiger partial charge on any atom is -0.457 e. The molecule has 0 saturated carbocycles. The molecule has 3 nitrogen and oxygen atoms in total. The van der Waals surface area contributed by atoms with Crippen molar-refractivity contribution in [3.8, 4) is 11.5 Å². The predicted octanol–water partition coefficient (Wildman–Crippen LogP) is 6.81. The lowest BCUT2D eigenvalue weighted by Gasteiger charge is -2.10. The molecule has 1 aliphatic rings. The Morgan fingerprint density at radius 2 is 1.67 bits per heavy atom. The van der Waals surface area contributed by atoms with E-state index in [1.54, 1.807) is 0 Å². The van der Waals surface area contributed by atoms with Gasteiger partial charge in [-0.15, -0.1) is 0 Å². The molecule has 0 spiro atoms. The monoisotopic (exact) mass is 436 g/mol. The third-order valence-corrected chi connectivity index (χ3v) is 5.04. The van der Waals surface area contributed by atoms with E-state index in [2.05, 4.69) is 28.2 Å². The van der Waals surface area contributed by atoms with Crippen LogP contribution in [0.4, 0.5) is 11.4 Å². The molecule has 1 aliphatic heterocycles. The summed E-state index contributed by atoms with van der Waals surface area (Å²) in [7, 11) is 0. The number of aryl methyl sites for hydroxylation is 1. The molecule has 0 fully saturated rings. The molecule has 27 heavy (non-hydrogen) atoms. The second-order valence-corrected chi connectivity index (χ2v) is 7.79. The summed E-state index contributed by atoms with van der Waals surface area (Å²) in [5.74, 6) is 1.54. The smallest absolute Gasteiger partial charge is 0.129 e. The standard InChI is InChI=1S/C22H17BrN2OS/c1-14-2-8-17(9-3-14)26-18-10-11-19-21(12-18)24-20(13-22(27)25-19)15-4-6-16(23)7-5-15/h2-12H,13H2,1H3,(H,25,27). The summed E-state index contributed by atoms with van der Waals surface area (Å²) < 4.78 is 7.03. The highest BCUT2D eigenvalue weighted by atomic mass is 79.9. The predicted molar refractivity (Wildman–Crippen MR) is 119 cm³/mol. The number of benzene rings is 3. The first-order chi connectivity index (χ1) is 13.1. The van der Waals surface area contributed by atoms with Gasteiger partial charge in [-0.2, -0.15) is 0 Å². The maximum atomic E-state index is 5.99. The van der Waals surface area contributed by atoms with Crippen molar-refractivity contribution in [1.82, 2.24) is 0 Å². The van der Waals surface area contributed by atoms with Gasteiger partial charge in [-0.1, -0.05) is 58.0 Å². The summed E-state index contributed by atoms with van der Waals surface area (Å²) in [4.78, 5) is 5.63. The van der Waals surface area contributed by atoms with Gasteiger partial charge < -0.3 is 10.1 Å². The topological polar surface area (TPSA) is 33.6 Å². The van der Waals surface area contributed by atoms with Crippen molar-refractivity contribution in [3.05, 3.63) is 82.3 Å². The summed E-state index contributed by atoms with van der Waals surface area (Å²) in [5, 5.41) is 3.28. The molecule has 0 saturated heterocycles. The lowest BCUT2D eigenvalue weighted by atomic mass is 10.1. The normalized spacial score (nSPS) is 13.3. The van der Waals surface area contributed by atoms with Crippen LogP contribution >= 0.6 is 28.1 Å². The van der Waals surface area contributed by atoms with E-state index in [0.717, 1.165) is 43.6 Å². The molecule has 1 N–H and O–H groups in total. The zero-order chi connectivity index (χ0) is 18.8. The van der Waals surface area contributed by atoms with E-state index in [1.807, 2.05) is 66.7 Å². The van der Waals surface area contributed by atoms with E-state index in [0.29, 0.717) is 6.42 Å². The first-order valence-electron chi connectivity index (χ1n) is 8.59. The largest absolute Gasteiger partial charge is 0.457 e. The van der Waals surface area contributed by atoms with Crippen molar-refractivity contribution in [2.45, 2.75) is 13.3 Å². The number of fused-ring (bicyclic) bond motifs is 1. The summed E-state index contributed by atoms with van der Waals surface area (Å²) >= 11 is 8.96. The van der Waals surface area contributed by atoms with E-state index in [4.69, 9.17) is 21.9 Å². The number of nitrogens with one attached hydrogen (secondary N) is 1. The van der Waals surface area contributed by atoms with E-state index < -0.39 is 0 Å². The molecule has 0 aliphatic carbocycles.